The molecule has 3 heteroatoms. The fourth-order valence-electron chi connectivity index (χ4n) is 2.39. The second kappa shape index (κ2) is 6.20. The number of rotatable bonds is 3. The number of methoxy groups -OCH3 is 1. The van der Waals surface area contributed by atoms with Gasteiger partial charge in [0.05, 0.1) is 12.8 Å². The number of nitrogens with zero attached hydrogens (tertiary/aromatic N) is 1. The molecule has 0 amide bonds. The molecule has 0 heterocycles. The highest BCUT2D eigenvalue weighted by Crippen LogP contribution is 2.28. The van der Waals surface area contributed by atoms with Crippen molar-refractivity contribution in [3.05, 3.63) is 70.7 Å². The second-order valence-electron chi connectivity index (χ2n) is 5.09. The number of aliphatic imine (C=N–C) groups is 1. The zero-order valence-electron chi connectivity index (χ0n) is 12.5. The first-order valence-electron chi connectivity index (χ1n) is 7.05. The smallest absolute Gasteiger partial charge is 0.128 e. The lowest BCUT2D eigenvalue weighted by molar-refractivity contribution is 0.415. The molecule has 0 fully saturated rings. The maximum absolute atomic E-state index is 6.15. The van der Waals surface area contributed by atoms with E-state index >= 15 is 0 Å². The van der Waals surface area contributed by atoms with E-state index in [1.807, 2.05) is 55.6 Å². The Morgan fingerprint density at radius 3 is 2.64 bits per heavy atom. The summed E-state index contributed by atoms with van der Waals surface area (Å²) in [5.74, 6) is 0.806. The Labute approximate surface area is 135 Å². The van der Waals surface area contributed by atoms with Gasteiger partial charge in [-0.25, -0.2) is 0 Å². The van der Waals surface area contributed by atoms with E-state index in [2.05, 4.69) is 17.1 Å². The normalized spacial score (nSPS) is 11.2. The molecule has 2 nitrogen and oxygen atoms in total. The molecule has 0 saturated carbocycles. The molecule has 0 N–H and O–H groups in total. The van der Waals surface area contributed by atoms with Gasteiger partial charge in [0.1, 0.15) is 5.75 Å². The van der Waals surface area contributed by atoms with Crippen LogP contribution in [0.3, 0.4) is 0 Å². The maximum atomic E-state index is 6.15. The Bertz CT molecular complexity index is 855. The van der Waals surface area contributed by atoms with E-state index in [0.717, 1.165) is 38.4 Å². The zero-order chi connectivity index (χ0) is 15.5. The monoisotopic (exact) mass is 309 g/mol. The molecule has 0 saturated heterocycles. The first-order valence-corrected chi connectivity index (χ1v) is 7.43. The number of halogens is 1. The van der Waals surface area contributed by atoms with Gasteiger partial charge in [-0.1, -0.05) is 48.0 Å². The van der Waals surface area contributed by atoms with Crippen molar-refractivity contribution in [2.24, 2.45) is 4.99 Å². The highest BCUT2D eigenvalue weighted by Gasteiger charge is 2.06. The number of hydrogen-bond acceptors (Lipinski definition) is 2. The minimum absolute atomic E-state index is 0.722. The molecule has 0 aliphatic rings. The fourth-order valence-corrected chi connectivity index (χ4v) is 2.56. The number of benzene rings is 3. The Balaban J connectivity index is 2.08. The van der Waals surface area contributed by atoms with Crippen molar-refractivity contribution in [3.63, 3.8) is 0 Å². The number of hydrogen-bond donors (Lipinski definition) is 0. The third kappa shape index (κ3) is 2.83. The molecular formula is C19H16ClNO. The largest absolute Gasteiger partial charge is 0.496 e. The lowest BCUT2D eigenvalue weighted by atomic mass is 10.0. The summed E-state index contributed by atoms with van der Waals surface area (Å²) < 4.78 is 5.47. The van der Waals surface area contributed by atoms with Gasteiger partial charge in [-0.2, -0.15) is 0 Å². The van der Waals surface area contributed by atoms with Crippen LogP contribution in [0.5, 0.6) is 5.75 Å². The molecule has 0 aliphatic heterocycles. The minimum atomic E-state index is 0.722. The van der Waals surface area contributed by atoms with E-state index in [0.29, 0.717) is 0 Å². The summed E-state index contributed by atoms with van der Waals surface area (Å²) in [6, 6.07) is 18.0. The standard InChI is InChI=1S/C19H16ClNO/c1-13-7-9-15(11-18(13)20)21-12-17-16-6-4-3-5-14(16)8-10-19(17)22-2/h3-12H,1-2H3. The van der Waals surface area contributed by atoms with Gasteiger partial charge >= 0.3 is 0 Å². The van der Waals surface area contributed by atoms with E-state index < -0.39 is 0 Å². The van der Waals surface area contributed by atoms with Crippen LogP contribution in [0.25, 0.3) is 10.8 Å². The summed E-state index contributed by atoms with van der Waals surface area (Å²) in [4.78, 5) is 4.55. The van der Waals surface area contributed by atoms with E-state index in [1.165, 1.54) is 0 Å². The van der Waals surface area contributed by atoms with E-state index in [4.69, 9.17) is 16.3 Å². The molecule has 3 aromatic rings. The predicted molar refractivity (Wildman–Crippen MR) is 93.9 cm³/mol. The molecule has 0 unspecified atom stereocenters. The number of aryl methyl sites for hydroxylation is 1. The Morgan fingerprint density at radius 2 is 1.86 bits per heavy atom. The topological polar surface area (TPSA) is 21.6 Å². The Morgan fingerprint density at radius 1 is 1.05 bits per heavy atom. The molecule has 0 aliphatic carbocycles. The van der Waals surface area contributed by atoms with Crippen molar-refractivity contribution < 1.29 is 4.74 Å². The number of ether oxygens (including phenoxy) is 1. The van der Waals surface area contributed by atoms with Crippen molar-refractivity contribution in [3.8, 4) is 5.75 Å². The predicted octanol–water partition coefficient (Wildman–Crippen LogP) is 5.56. The van der Waals surface area contributed by atoms with E-state index in [1.54, 1.807) is 7.11 Å². The molecule has 0 bridgehead atoms. The Hall–Kier alpha value is -2.32. The molecule has 0 aromatic heterocycles. The van der Waals surface area contributed by atoms with Crippen molar-refractivity contribution >= 4 is 34.3 Å². The van der Waals surface area contributed by atoms with Gasteiger partial charge in [-0.3, -0.25) is 4.99 Å². The fraction of sp³-hybridized carbons (Fsp3) is 0.105. The molecular weight excluding hydrogens is 294 g/mol. The first kappa shape index (κ1) is 14.6. The summed E-state index contributed by atoms with van der Waals surface area (Å²) >= 11 is 6.15. The average Bonchev–Trinajstić information content (AvgIpc) is 2.55. The van der Waals surface area contributed by atoms with Gasteiger partial charge in [0, 0.05) is 16.8 Å². The molecule has 22 heavy (non-hydrogen) atoms. The van der Waals surface area contributed by atoms with Crippen LogP contribution in [-0.2, 0) is 0 Å². The highest BCUT2D eigenvalue weighted by atomic mass is 35.5. The lowest BCUT2D eigenvalue weighted by Gasteiger charge is -2.08. The zero-order valence-corrected chi connectivity index (χ0v) is 13.3. The third-order valence-electron chi connectivity index (χ3n) is 3.65. The first-order chi connectivity index (χ1) is 10.7. The molecule has 0 radical (unpaired) electrons. The molecule has 110 valence electrons. The lowest BCUT2D eigenvalue weighted by Crippen LogP contribution is -1.92. The van der Waals surface area contributed by atoms with Gasteiger partial charge in [0.25, 0.3) is 0 Å². The molecule has 3 aromatic carbocycles. The summed E-state index contributed by atoms with van der Waals surface area (Å²) in [5.41, 5.74) is 2.84. The summed E-state index contributed by atoms with van der Waals surface area (Å²) in [6.07, 6.45) is 1.84. The third-order valence-corrected chi connectivity index (χ3v) is 4.06. The van der Waals surface area contributed by atoms with Gasteiger partial charge in [0.2, 0.25) is 0 Å². The van der Waals surface area contributed by atoms with Crippen LogP contribution in [0.1, 0.15) is 11.1 Å². The van der Waals surface area contributed by atoms with E-state index in [9.17, 15) is 0 Å². The van der Waals surface area contributed by atoms with Gasteiger partial charge < -0.3 is 4.74 Å². The van der Waals surface area contributed by atoms with Crippen LogP contribution in [0.15, 0.2) is 59.6 Å². The van der Waals surface area contributed by atoms with Gasteiger partial charge in [-0.15, -0.1) is 0 Å². The molecule has 0 atom stereocenters. The van der Waals surface area contributed by atoms with Crippen molar-refractivity contribution in [2.75, 3.05) is 7.11 Å². The van der Waals surface area contributed by atoms with Crippen LogP contribution >= 0.6 is 11.6 Å². The van der Waals surface area contributed by atoms with Crippen molar-refractivity contribution in [1.29, 1.82) is 0 Å². The SMILES string of the molecule is COc1ccc2ccccc2c1C=Nc1ccc(C)c(Cl)c1. The van der Waals surface area contributed by atoms with Gasteiger partial charge in [-0.05, 0) is 41.5 Å². The van der Waals surface area contributed by atoms with Crippen LogP contribution < -0.4 is 4.74 Å². The Kier molecular flexibility index (Phi) is 4.12. The van der Waals surface area contributed by atoms with Gasteiger partial charge in [0.15, 0.2) is 0 Å². The minimum Gasteiger partial charge on any atom is -0.496 e. The van der Waals surface area contributed by atoms with Crippen LogP contribution in [-0.4, -0.2) is 13.3 Å². The summed E-state index contributed by atoms with van der Waals surface area (Å²) in [5, 5.41) is 3.00. The summed E-state index contributed by atoms with van der Waals surface area (Å²) in [6.45, 7) is 1.98. The second-order valence-corrected chi connectivity index (χ2v) is 5.50. The summed E-state index contributed by atoms with van der Waals surface area (Å²) in [7, 11) is 1.67. The highest BCUT2D eigenvalue weighted by molar-refractivity contribution is 6.31. The molecule has 0 spiro atoms. The van der Waals surface area contributed by atoms with Crippen LogP contribution in [0.4, 0.5) is 5.69 Å². The van der Waals surface area contributed by atoms with Crippen molar-refractivity contribution in [2.45, 2.75) is 6.92 Å². The van der Waals surface area contributed by atoms with Crippen molar-refractivity contribution in [1.82, 2.24) is 0 Å². The van der Waals surface area contributed by atoms with Crippen LogP contribution in [0, 0.1) is 6.92 Å². The molecule has 3 rings (SSSR count). The number of fused-ring (bicyclic) bond motifs is 1. The van der Waals surface area contributed by atoms with Crippen LogP contribution in [0.2, 0.25) is 5.02 Å². The van der Waals surface area contributed by atoms with E-state index in [-0.39, 0.29) is 0 Å². The quantitative estimate of drug-likeness (QED) is 0.580. The maximum Gasteiger partial charge on any atom is 0.128 e. The average molecular weight is 310 g/mol.